The number of hydrogen-bond donors (Lipinski definition) is 2. The second-order valence-corrected chi connectivity index (χ2v) is 14.4. The van der Waals surface area contributed by atoms with E-state index in [0.717, 1.165) is 37.2 Å². The maximum absolute atomic E-state index is 13.4. The van der Waals surface area contributed by atoms with Gasteiger partial charge in [0.1, 0.15) is 22.9 Å². The molecule has 1 fully saturated rings. The van der Waals surface area contributed by atoms with E-state index in [-0.39, 0.29) is 55.6 Å². The van der Waals surface area contributed by atoms with E-state index in [1.807, 2.05) is 30.5 Å². The number of aryl methyl sites for hydroxylation is 3. The molecule has 2 atom stereocenters. The van der Waals surface area contributed by atoms with E-state index in [9.17, 15) is 28.8 Å². The summed E-state index contributed by atoms with van der Waals surface area (Å²) in [4.78, 5) is 84.1. The highest BCUT2D eigenvalue weighted by molar-refractivity contribution is 7.15. The summed E-state index contributed by atoms with van der Waals surface area (Å²) >= 11 is 7.81. The monoisotopic (exact) mass is 725 g/mol. The zero-order chi connectivity index (χ0) is 36.1. The van der Waals surface area contributed by atoms with Crippen LogP contribution >= 0.6 is 22.9 Å². The number of imide groups is 2. The van der Waals surface area contributed by atoms with E-state index >= 15 is 0 Å². The van der Waals surface area contributed by atoms with Crippen LogP contribution in [0.3, 0.4) is 0 Å². The summed E-state index contributed by atoms with van der Waals surface area (Å²) in [5.41, 5.74) is 4.32. The van der Waals surface area contributed by atoms with Gasteiger partial charge in [0.25, 0.3) is 11.8 Å². The summed E-state index contributed by atoms with van der Waals surface area (Å²) in [6, 6.07) is 10.4. The van der Waals surface area contributed by atoms with Crippen LogP contribution in [0.2, 0.25) is 5.02 Å². The number of Topliss-reactive ketones (excluding diaryl/α,β-unsaturated/α-hetero) is 1. The van der Waals surface area contributed by atoms with Crippen molar-refractivity contribution in [3.63, 3.8) is 0 Å². The van der Waals surface area contributed by atoms with E-state index in [1.165, 1.54) is 6.07 Å². The number of nitrogens with one attached hydrogen (secondary N) is 2. The molecule has 15 heteroatoms. The van der Waals surface area contributed by atoms with Gasteiger partial charge in [0, 0.05) is 40.3 Å². The number of rotatable bonds is 9. The molecule has 3 aliphatic heterocycles. The van der Waals surface area contributed by atoms with Crippen molar-refractivity contribution in [2.45, 2.75) is 65.0 Å². The molecular weight excluding hydrogens is 694 g/mol. The quantitative estimate of drug-likeness (QED) is 0.245. The zero-order valence-corrected chi connectivity index (χ0v) is 29.5. The first-order valence-corrected chi connectivity index (χ1v) is 17.6. The van der Waals surface area contributed by atoms with Crippen LogP contribution < -0.4 is 10.6 Å². The lowest BCUT2D eigenvalue weighted by Crippen LogP contribution is -2.54. The number of aliphatic imine (C=N–C) groups is 1. The van der Waals surface area contributed by atoms with Crippen LogP contribution in [0.5, 0.6) is 0 Å². The van der Waals surface area contributed by atoms with Crippen LogP contribution in [-0.4, -0.2) is 73.3 Å². The SMILES string of the molecule is Cc1sc2c(c1C)C(c1ccc(Cl)cc1)=N[C@@H](CC(=O)CNC(=O)CCc1cccc3c1C(=O)N(C1CCC(=O)NC1=O)C3=O)c1nnc(C)n1-2. The smallest absolute Gasteiger partial charge is 0.262 e. The lowest BCUT2D eigenvalue weighted by Gasteiger charge is -2.27. The summed E-state index contributed by atoms with van der Waals surface area (Å²) in [6.07, 6.45) is 0.0788. The Hall–Kier alpha value is -5.34. The Morgan fingerprint density at radius 3 is 2.51 bits per heavy atom. The minimum Gasteiger partial charge on any atom is -0.349 e. The minimum atomic E-state index is -1.09. The van der Waals surface area contributed by atoms with Gasteiger partial charge < -0.3 is 5.32 Å². The van der Waals surface area contributed by atoms with Gasteiger partial charge in [-0.2, -0.15) is 0 Å². The number of hydrogen-bond acceptors (Lipinski definition) is 10. The number of benzene rings is 2. The fourth-order valence-corrected chi connectivity index (χ4v) is 8.09. The number of amides is 5. The molecule has 1 saturated heterocycles. The summed E-state index contributed by atoms with van der Waals surface area (Å²) in [5.74, 6) is -1.89. The van der Waals surface area contributed by atoms with Crippen LogP contribution in [-0.2, 0) is 25.6 Å². The average Bonchev–Trinajstić information content (AvgIpc) is 3.68. The second-order valence-electron chi connectivity index (χ2n) is 12.7. The molecule has 1 unspecified atom stereocenters. The summed E-state index contributed by atoms with van der Waals surface area (Å²) < 4.78 is 1.95. The van der Waals surface area contributed by atoms with E-state index in [0.29, 0.717) is 22.2 Å². The van der Waals surface area contributed by atoms with Crippen molar-refractivity contribution in [2.24, 2.45) is 4.99 Å². The average molecular weight is 726 g/mol. The highest BCUT2D eigenvalue weighted by atomic mass is 35.5. The highest BCUT2D eigenvalue weighted by Gasteiger charge is 2.45. The number of carbonyl (C=O) groups excluding carboxylic acids is 6. The molecule has 2 aromatic heterocycles. The van der Waals surface area contributed by atoms with Gasteiger partial charge >= 0.3 is 0 Å². The molecule has 2 aromatic carbocycles. The van der Waals surface area contributed by atoms with Crippen LogP contribution in [0.4, 0.5) is 0 Å². The standard InChI is InChI=1S/C36H32ClN7O6S/c1-17-18(2)51-36-29(17)31(21-7-10-22(37)11-8-21)39-25(32-42-41-19(3)43(32)36)15-23(45)16-38-27(46)13-9-20-5-4-6-24-30(20)35(50)44(34(24)49)26-12-14-28(47)40-33(26)48/h4-8,10-11,25-26H,9,12-16H2,1-3H3,(H,38,46)(H,40,47,48)/t25-,26?/m0/s1. The third-order valence-electron chi connectivity index (χ3n) is 9.44. The molecule has 0 saturated carbocycles. The Labute approximate surface area is 301 Å². The maximum Gasteiger partial charge on any atom is 0.262 e. The molecule has 4 aromatic rings. The van der Waals surface area contributed by atoms with Gasteiger partial charge in [-0.05, 0) is 62.9 Å². The molecule has 260 valence electrons. The van der Waals surface area contributed by atoms with Gasteiger partial charge in [-0.25, -0.2) is 0 Å². The summed E-state index contributed by atoms with van der Waals surface area (Å²) in [5, 5.41) is 15.1. The summed E-state index contributed by atoms with van der Waals surface area (Å²) in [7, 11) is 0. The number of halogens is 1. The van der Waals surface area contributed by atoms with Crippen LogP contribution in [0.25, 0.3) is 5.00 Å². The van der Waals surface area contributed by atoms with E-state index in [1.54, 1.807) is 35.6 Å². The van der Waals surface area contributed by atoms with Gasteiger partial charge in [-0.1, -0.05) is 35.9 Å². The van der Waals surface area contributed by atoms with Crippen LogP contribution in [0.15, 0.2) is 47.5 Å². The van der Waals surface area contributed by atoms with Crippen LogP contribution in [0.1, 0.15) is 91.2 Å². The van der Waals surface area contributed by atoms with Crippen molar-refractivity contribution >= 4 is 64.0 Å². The molecule has 51 heavy (non-hydrogen) atoms. The molecule has 5 amide bonds. The van der Waals surface area contributed by atoms with Crippen molar-refractivity contribution in [3.05, 3.63) is 97.4 Å². The molecule has 2 N–H and O–H groups in total. The molecule has 13 nitrogen and oxygen atoms in total. The van der Waals surface area contributed by atoms with Crippen molar-refractivity contribution < 1.29 is 28.8 Å². The maximum atomic E-state index is 13.4. The van der Waals surface area contributed by atoms with E-state index < -0.39 is 41.6 Å². The van der Waals surface area contributed by atoms with Crippen molar-refractivity contribution in [1.82, 2.24) is 30.3 Å². The normalized spacial score (nSPS) is 18.1. The van der Waals surface area contributed by atoms with Gasteiger partial charge in [0.05, 0.1) is 23.4 Å². The van der Waals surface area contributed by atoms with Gasteiger partial charge in [0.2, 0.25) is 17.7 Å². The van der Waals surface area contributed by atoms with Crippen molar-refractivity contribution in [3.8, 4) is 5.00 Å². The first-order chi connectivity index (χ1) is 24.4. The second kappa shape index (κ2) is 13.4. The Morgan fingerprint density at radius 2 is 1.76 bits per heavy atom. The first-order valence-electron chi connectivity index (χ1n) is 16.4. The summed E-state index contributed by atoms with van der Waals surface area (Å²) in [6.45, 7) is 5.70. The molecular formula is C36H32ClN7O6S. The Kier molecular flexibility index (Phi) is 8.98. The molecule has 0 spiro atoms. The first kappa shape index (κ1) is 34.1. The predicted octanol–water partition coefficient (Wildman–Crippen LogP) is 3.91. The van der Waals surface area contributed by atoms with Gasteiger partial charge in [0.15, 0.2) is 11.6 Å². The van der Waals surface area contributed by atoms with Crippen LogP contribution in [0, 0.1) is 20.8 Å². The van der Waals surface area contributed by atoms with E-state index in [2.05, 4.69) is 27.8 Å². The molecule has 3 aliphatic rings. The molecule has 5 heterocycles. The highest BCUT2D eigenvalue weighted by Crippen LogP contribution is 2.39. The lowest BCUT2D eigenvalue weighted by atomic mass is 9.99. The number of carbonyl (C=O) groups is 6. The fraction of sp³-hybridized carbons (Fsp3) is 0.306. The van der Waals surface area contributed by atoms with E-state index in [4.69, 9.17) is 16.6 Å². The molecule has 0 radical (unpaired) electrons. The predicted molar refractivity (Wildman–Crippen MR) is 187 cm³/mol. The molecule has 0 bridgehead atoms. The topological polar surface area (TPSA) is 173 Å². The molecule has 7 rings (SSSR count). The van der Waals surface area contributed by atoms with Gasteiger partial charge in [-0.3, -0.25) is 48.5 Å². The number of aromatic nitrogens is 3. The Balaban J connectivity index is 1.04. The van der Waals surface area contributed by atoms with Crippen molar-refractivity contribution in [2.75, 3.05) is 6.54 Å². The number of piperidine rings is 1. The number of ketones is 1. The molecule has 0 aliphatic carbocycles. The lowest BCUT2D eigenvalue weighted by molar-refractivity contribution is -0.136. The third-order valence-corrected chi connectivity index (χ3v) is 10.9. The Morgan fingerprint density at radius 1 is 1.00 bits per heavy atom. The third kappa shape index (κ3) is 6.18. The number of nitrogens with zero attached hydrogens (tertiary/aromatic N) is 5. The van der Waals surface area contributed by atoms with Gasteiger partial charge in [-0.15, -0.1) is 21.5 Å². The minimum absolute atomic E-state index is 0.0146. The zero-order valence-electron chi connectivity index (χ0n) is 27.9. The number of fused-ring (bicyclic) bond motifs is 4. The number of thiophene rings is 1. The largest absolute Gasteiger partial charge is 0.349 e. The fourth-order valence-electron chi connectivity index (χ4n) is 6.75. The Bertz CT molecular complexity index is 2200. The van der Waals surface area contributed by atoms with Crippen molar-refractivity contribution in [1.29, 1.82) is 0 Å².